The van der Waals surface area contributed by atoms with Crippen molar-refractivity contribution >= 4 is 11.0 Å². The van der Waals surface area contributed by atoms with E-state index < -0.39 is 0 Å². The van der Waals surface area contributed by atoms with E-state index in [2.05, 4.69) is 55.9 Å². The quantitative estimate of drug-likeness (QED) is 0.852. The standard InChI is InChI=1S/C17H27N3O/c1-6-21-17(12(2)3)14(18-4)11-16-19-13-9-7-8-10-15(13)20(16)5/h7-10,12,14,17-18H,6,11H2,1-5H3. The van der Waals surface area contributed by atoms with Crippen molar-refractivity contribution in [3.63, 3.8) is 0 Å². The van der Waals surface area contributed by atoms with Gasteiger partial charge in [0.25, 0.3) is 0 Å². The van der Waals surface area contributed by atoms with Crippen LogP contribution < -0.4 is 5.32 Å². The molecule has 2 rings (SSSR count). The molecule has 4 nitrogen and oxygen atoms in total. The Morgan fingerprint density at radius 1 is 1.29 bits per heavy atom. The van der Waals surface area contributed by atoms with Crippen LogP contribution in [0.4, 0.5) is 0 Å². The molecule has 0 aliphatic heterocycles. The third-order valence-electron chi connectivity index (χ3n) is 4.07. The van der Waals surface area contributed by atoms with Crippen LogP contribution in [0.15, 0.2) is 24.3 Å². The first-order valence-electron chi connectivity index (χ1n) is 7.77. The predicted molar refractivity (Wildman–Crippen MR) is 87.5 cm³/mol. The minimum absolute atomic E-state index is 0.194. The molecule has 0 fully saturated rings. The number of benzene rings is 1. The molecule has 0 saturated carbocycles. The molecule has 2 unspecified atom stereocenters. The van der Waals surface area contributed by atoms with Crippen LogP contribution in [0.3, 0.4) is 0 Å². The Labute approximate surface area is 127 Å². The second-order valence-corrected chi connectivity index (χ2v) is 5.84. The molecule has 1 aromatic heterocycles. The van der Waals surface area contributed by atoms with E-state index in [1.165, 1.54) is 5.52 Å². The van der Waals surface area contributed by atoms with Gasteiger partial charge in [-0.2, -0.15) is 0 Å². The van der Waals surface area contributed by atoms with Crippen molar-refractivity contribution in [2.45, 2.75) is 39.3 Å². The highest BCUT2D eigenvalue weighted by atomic mass is 16.5. The van der Waals surface area contributed by atoms with Gasteiger partial charge < -0.3 is 14.6 Å². The zero-order valence-electron chi connectivity index (χ0n) is 13.8. The van der Waals surface area contributed by atoms with Gasteiger partial charge in [-0.3, -0.25) is 0 Å². The van der Waals surface area contributed by atoms with Gasteiger partial charge in [-0.1, -0.05) is 26.0 Å². The molecule has 2 aromatic rings. The Hall–Kier alpha value is -1.39. The molecular formula is C17H27N3O. The van der Waals surface area contributed by atoms with E-state index in [1.54, 1.807) is 0 Å². The second kappa shape index (κ2) is 7.05. The van der Waals surface area contributed by atoms with Crippen LogP contribution in [0, 0.1) is 5.92 Å². The van der Waals surface area contributed by atoms with E-state index >= 15 is 0 Å². The smallest absolute Gasteiger partial charge is 0.111 e. The summed E-state index contributed by atoms with van der Waals surface area (Å²) >= 11 is 0. The normalized spacial score (nSPS) is 14.8. The van der Waals surface area contributed by atoms with Gasteiger partial charge in [-0.15, -0.1) is 0 Å². The molecule has 0 aliphatic carbocycles. The minimum Gasteiger partial charge on any atom is -0.377 e. The molecule has 1 heterocycles. The Morgan fingerprint density at radius 3 is 2.57 bits per heavy atom. The second-order valence-electron chi connectivity index (χ2n) is 5.84. The van der Waals surface area contributed by atoms with Crippen molar-refractivity contribution in [3.8, 4) is 0 Å². The van der Waals surface area contributed by atoms with Crippen molar-refractivity contribution in [1.82, 2.24) is 14.9 Å². The molecular weight excluding hydrogens is 262 g/mol. The third kappa shape index (κ3) is 3.44. The number of likely N-dealkylation sites (N-methyl/N-ethyl adjacent to an activating group) is 1. The lowest BCUT2D eigenvalue weighted by molar-refractivity contribution is 0.00481. The van der Waals surface area contributed by atoms with Crippen molar-refractivity contribution in [1.29, 1.82) is 0 Å². The number of para-hydroxylation sites is 2. The summed E-state index contributed by atoms with van der Waals surface area (Å²) in [7, 11) is 4.09. The minimum atomic E-state index is 0.194. The Morgan fingerprint density at radius 2 is 2.00 bits per heavy atom. The maximum atomic E-state index is 5.94. The molecule has 0 bridgehead atoms. The average molecular weight is 289 g/mol. The number of aryl methyl sites for hydroxylation is 1. The van der Waals surface area contributed by atoms with Gasteiger partial charge in [0, 0.05) is 26.1 Å². The molecule has 2 atom stereocenters. The monoisotopic (exact) mass is 289 g/mol. The summed E-state index contributed by atoms with van der Waals surface area (Å²) in [6.45, 7) is 7.21. The van der Waals surface area contributed by atoms with E-state index in [1.807, 2.05) is 13.1 Å². The fourth-order valence-electron chi connectivity index (χ4n) is 2.92. The van der Waals surface area contributed by atoms with Crippen molar-refractivity contribution < 1.29 is 4.74 Å². The molecule has 21 heavy (non-hydrogen) atoms. The molecule has 116 valence electrons. The summed E-state index contributed by atoms with van der Waals surface area (Å²) in [6.07, 6.45) is 1.06. The van der Waals surface area contributed by atoms with Crippen LogP contribution >= 0.6 is 0 Å². The summed E-state index contributed by atoms with van der Waals surface area (Å²) < 4.78 is 8.13. The highest BCUT2D eigenvalue weighted by Crippen LogP contribution is 2.19. The average Bonchev–Trinajstić information content (AvgIpc) is 2.79. The van der Waals surface area contributed by atoms with Crippen LogP contribution in [-0.2, 0) is 18.2 Å². The first-order valence-corrected chi connectivity index (χ1v) is 7.77. The van der Waals surface area contributed by atoms with Gasteiger partial charge >= 0.3 is 0 Å². The summed E-state index contributed by atoms with van der Waals surface area (Å²) in [5.74, 6) is 1.57. The lowest BCUT2D eigenvalue weighted by Gasteiger charge is -2.29. The van der Waals surface area contributed by atoms with E-state index in [9.17, 15) is 0 Å². The maximum Gasteiger partial charge on any atom is 0.111 e. The Bertz CT molecular complexity index is 576. The van der Waals surface area contributed by atoms with Gasteiger partial charge in [0.05, 0.1) is 17.1 Å². The van der Waals surface area contributed by atoms with Gasteiger partial charge in [0.15, 0.2) is 0 Å². The molecule has 0 radical (unpaired) electrons. The number of aromatic nitrogens is 2. The molecule has 1 aromatic carbocycles. The summed E-state index contributed by atoms with van der Waals surface area (Å²) in [5.41, 5.74) is 2.24. The number of imidazole rings is 1. The lowest BCUT2D eigenvalue weighted by Crippen LogP contribution is -2.44. The van der Waals surface area contributed by atoms with Crippen molar-refractivity contribution in [3.05, 3.63) is 30.1 Å². The van der Waals surface area contributed by atoms with Crippen LogP contribution in [0.5, 0.6) is 0 Å². The third-order valence-corrected chi connectivity index (χ3v) is 4.07. The summed E-state index contributed by atoms with van der Waals surface area (Å²) in [6, 6.07) is 8.53. The van der Waals surface area contributed by atoms with Crippen LogP contribution in [0.2, 0.25) is 0 Å². The van der Waals surface area contributed by atoms with Crippen LogP contribution in [0.25, 0.3) is 11.0 Å². The highest BCUT2D eigenvalue weighted by molar-refractivity contribution is 5.75. The topological polar surface area (TPSA) is 39.1 Å². The van der Waals surface area contributed by atoms with Crippen LogP contribution in [-0.4, -0.2) is 35.4 Å². The summed E-state index contributed by atoms with van der Waals surface area (Å²) in [5, 5.41) is 3.41. The maximum absolute atomic E-state index is 5.94. The number of fused-ring (bicyclic) bond motifs is 1. The molecule has 0 amide bonds. The first-order chi connectivity index (χ1) is 10.1. The number of ether oxygens (including phenoxy) is 1. The zero-order valence-corrected chi connectivity index (χ0v) is 13.8. The molecule has 4 heteroatoms. The van der Waals surface area contributed by atoms with Gasteiger partial charge in [-0.05, 0) is 32.0 Å². The molecule has 0 aliphatic rings. The molecule has 0 spiro atoms. The fraction of sp³-hybridized carbons (Fsp3) is 0.588. The number of hydrogen-bond donors (Lipinski definition) is 1. The van der Waals surface area contributed by atoms with Crippen LogP contribution in [0.1, 0.15) is 26.6 Å². The zero-order chi connectivity index (χ0) is 15.4. The van der Waals surface area contributed by atoms with E-state index in [0.29, 0.717) is 5.92 Å². The van der Waals surface area contributed by atoms with Crippen molar-refractivity contribution in [2.24, 2.45) is 13.0 Å². The largest absolute Gasteiger partial charge is 0.377 e. The first kappa shape index (κ1) is 16.0. The predicted octanol–water partition coefficient (Wildman–Crippen LogP) is 2.76. The van der Waals surface area contributed by atoms with E-state index in [4.69, 9.17) is 9.72 Å². The van der Waals surface area contributed by atoms with Crippen molar-refractivity contribution in [2.75, 3.05) is 13.7 Å². The Kier molecular flexibility index (Phi) is 5.37. The Balaban J connectivity index is 2.25. The number of rotatable bonds is 7. The number of hydrogen-bond acceptors (Lipinski definition) is 3. The number of nitrogens with zero attached hydrogens (tertiary/aromatic N) is 2. The van der Waals surface area contributed by atoms with E-state index in [0.717, 1.165) is 24.4 Å². The SMILES string of the molecule is CCOC(C(C)C)C(Cc1nc2ccccc2n1C)NC. The van der Waals surface area contributed by atoms with Gasteiger partial charge in [0.2, 0.25) is 0 Å². The molecule has 0 saturated heterocycles. The van der Waals surface area contributed by atoms with E-state index in [-0.39, 0.29) is 12.1 Å². The number of nitrogens with one attached hydrogen (secondary N) is 1. The molecule has 1 N–H and O–H groups in total. The fourth-order valence-corrected chi connectivity index (χ4v) is 2.92. The van der Waals surface area contributed by atoms with Gasteiger partial charge in [0.1, 0.15) is 5.82 Å². The summed E-state index contributed by atoms with van der Waals surface area (Å²) in [4.78, 5) is 4.77. The lowest BCUT2D eigenvalue weighted by atomic mass is 9.96. The highest BCUT2D eigenvalue weighted by Gasteiger charge is 2.25. The van der Waals surface area contributed by atoms with Gasteiger partial charge in [-0.25, -0.2) is 4.98 Å².